The zero-order valence-corrected chi connectivity index (χ0v) is 28.2. The van der Waals surface area contributed by atoms with Gasteiger partial charge in [-0.3, -0.25) is 0 Å². The molecule has 3 heterocycles. The van der Waals surface area contributed by atoms with E-state index in [-0.39, 0.29) is 5.92 Å². The SMILES string of the molecule is B1c2ccc3ccccc3c2-c2c1c1c(c3ccccc23)-c2ccccc2CC1c1nc2c(nc1-c1ccc3ccccc3c1)oc1ccccc12. The van der Waals surface area contributed by atoms with E-state index < -0.39 is 0 Å². The molecule has 0 saturated carbocycles. The van der Waals surface area contributed by atoms with Crippen molar-refractivity contribution in [1.29, 1.82) is 0 Å². The number of nitrogens with zero attached hydrogens (tertiary/aromatic N) is 2. The highest BCUT2D eigenvalue weighted by Crippen LogP contribution is 2.50. The van der Waals surface area contributed by atoms with Crippen molar-refractivity contribution in [3.63, 3.8) is 0 Å². The third kappa shape index (κ3) is 3.87. The number of hydrogen-bond donors (Lipinski definition) is 0. The van der Waals surface area contributed by atoms with Crippen LogP contribution in [0.4, 0.5) is 0 Å². The molecule has 52 heavy (non-hydrogen) atoms. The van der Waals surface area contributed by atoms with E-state index in [0.29, 0.717) is 5.71 Å². The predicted octanol–water partition coefficient (Wildman–Crippen LogP) is 10.2. The summed E-state index contributed by atoms with van der Waals surface area (Å²) in [6, 6.07) is 55.0. The summed E-state index contributed by atoms with van der Waals surface area (Å²) in [5, 5.41) is 8.59. The summed E-state index contributed by atoms with van der Waals surface area (Å²) in [6.45, 7) is 0. The predicted molar refractivity (Wildman–Crippen MR) is 217 cm³/mol. The van der Waals surface area contributed by atoms with Crippen LogP contribution in [0.5, 0.6) is 0 Å². The lowest BCUT2D eigenvalue weighted by Gasteiger charge is -2.32. The Morgan fingerprint density at radius 2 is 1.25 bits per heavy atom. The minimum absolute atomic E-state index is 0.0316. The Morgan fingerprint density at radius 3 is 2.13 bits per heavy atom. The number of benzene rings is 8. The van der Waals surface area contributed by atoms with Crippen LogP contribution in [0, 0.1) is 0 Å². The molecular weight excluding hydrogens is 631 g/mol. The maximum atomic E-state index is 6.41. The molecule has 240 valence electrons. The monoisotopic (exact) mass is 660 g/mol. The van der Waals surface area contributed by atoms with Gasteiger partial charge in [-0.05, 0) is 90.3 Å². The van der Waals surface area contributed by atoms with Crippen molar-refractivity contribution >= 4 is 72.7 Å². The normalized spacial score (nSPS) is 14.4. The third-order valence-electron chi connectivity index (χ3n) is 11.6. The van der Waals surface area contributed by atoms with Gasteiger partial charge >= 0.3 is 0 Å². The van der Waals surface area contributed by atoms with Crippen molar-refractivity contribution in [2.75, 3.05) is 0 Å². The molecule has 0 radical (unpaired) electrons. The fraction of sp³-hybridized carbons (Fsp3) is 0.0417. The van der Waals surface area contributed by atoms with Gasteiger partial charge in [-0.25, -0.2) is 9.97 Å². The Morgan fingerprint density at radius 1 is 0.558 bits per heavy atom. The van der Waals surface area contributed by atoms with Crippen LogP contribution in [-0.2, 0) is 6.42 Å². The van der Waals surface area contributed by atoms with E-state index in [0.717, 1.165) is 47.1 Å². The summed E-state index contributed by atoms with van der Waals surface area (Å²) in [6.07, 6.45) is 0.835. The van der Waals surface area contributed by atoms with Crippen LogP contribution in [0.25, 0.3) is 88.0 Å². The highest BCUT2D eigenvalue weighted by Gasteiger charge is 2.38. The maximum Gasteiger partial charge on any atom is 0.246 e. The van der Waals surface area contributed by atoms with Crippen LogP contribution in [0.2, 0.25) is 0 Å². The van der Waals surface area contributed by atoms with E-state index in [4.69, 9.17) is 14.4 Å². The summed E-state index contributed by atoms with van der Waals surface area (Å²) >= 11 is 0. The van der Waals surface area contributed by atoms with Gasteiger partial charge in [0.25, 0.3) is 0 Å². The molecule has 0 spiro atoms. The molecule has 0 bridgehead atoms. The Kier molecular flexibility index (Phi) is 5.70. The lowest BCUT2D eigenvalue weighted by atomic mass is 9.61. The second-order valence-electron chi connectivity index (χ2n) is 14.4. The summed E-state index contributed by atoms with van der Waals surface area (Å²) < 4.78 is 6.41. The Labute approximate surface area is 300 Å². The zero-order chi connectivity index (χ0) is 33.9. The summed E-state index contributed by atoms with van der Waals surface area (Å²) in [5.41, 5.74) is 16.1. The van der Waals surface area contributed by atoms with Crippen LogP contribution >= 0.6 is 0 Å². The van der Waals surface area contributed by atoms with Crippen LogP contribution in [0.15, 0.2) is 156 Å². The molecule has 10 aromatic rings. The number of fused-ring (bicyclic) bond motifs is 16. The molecule has 3 nitrogen and oxygen atoms in total. The molecule has 0 saturated heterocycles. The Bertz CT molecular complexity index is 3160. The van der Waals surface area contributed by atoms with Crippen LogP contribution in [0.1, 0.15) is 22.7 Å². The van der Waals surface area contributed by atoms with Crippen molar-refractivity contribution in [1.82, 2.24) is 9.97 Å². The molecule has 0 N–H and O–H groups in total. The number of furan rings is 1. The molecule has 0 fully saturated rings. The van der Waals surface area contributed by atoms with Crippen molar-refractivity contribution in [2.24, 2.45) is 0 Å². The van der Waals surface area contributed by atoms with Crippen molar-refractivity contribution in [2.45, 2.75) is 12.3 Å². The fourth-order valence-electron chi connectivity index (χ4n) is 9.43. The molecule has 1 unspecified atom stereocenters. The van der Waals surface area contributed by atoms with Gasteiger partial charge in [-0.1, -0.05) is 144 Å². The second-order valence-corrected chi connectivity index (χ2v) is 14.4. The van der Waals surface area contributed by atoms with E-state index in [1.807, 2.05) is 12.1 Å². The van der Waals surface area contributed by atoms with Crippen LogP contribution in [-0.4, -0.2) is 17.2 Å². The molecular formula is C48H29BN2O. The first-order chi connectivity index (χ1) is 25.8. The maximum absolute atomic E-state index is 6.41. The van der Waals surface area contributed by atoms with Crippen molar-refractivity contribution < 1.29 is 4.42 Å². The molecule has 12 rings (SSSR count). The highest BCUT2D eigenvalue weighted by molar-refractivity contribution is 6.75. The average Bonchev–Trinajstić information content (AvgIpc) is 3.79. The van der Waals surface area contributed by atoms with Crippen molar-refractivity contribution in [3.05, 3.63) is 168 Å². The zero-order valence-electron chi connectivity index (χ0n) is 28.2. The molecule has 1 atom stereocenters. The van der Waals surface area contributed by atoms with Gasteiger partial charge in [0.05, 0.1) is 11.4 Å². The Balaban J connectivity index is 1.23. The smallest absolute Gasteiger partial charge is 0.246 e. The summed E-state index contributed by atoms with van der Waals surface area (Å²) in [4.78, 5) is 11.1. The second kappa shape index (κ2) is 10.5. The summed E-state index contributed by atoms with van der Waals surface area (Å²) in [5.74, 6) is -0.0316. The highest BCUT2D eigenvalue weighted by atomic mass is 16.3. The van der Waals surface area contributed by atoms with Gasteiger partial charge in [0.1, 0.15) is 11.1 Å². The molecule has 0 amide bonds. The quantitative estimate of drug-likeness (QED) is 0.173. The number of aromatic nitrogens is 2. The molecule has 2 aromatic heterocycles. The molecule has 2 aliphatic rings. The average molecular weight is 661 g/mol. The summed E-state index contributed by atoms with van der Waals surface area (Å²) in [7, 11) is 0.886. The van der Waals surface area contributed by atoms with E-state index >= 15 is 0 Å². The van der Waals surface area contributed by atoms with Gasteiger partial charge in [0, 0.05) is 16.9 Å². The minimum Gasteiger partial charge on any atom is -0.436 e. The van der Waals surface area contributed by atoms with Gasteiger partial charge in [-0.2, -0.15) is 0 Å². The van der Waals surface area contributed by atoms with Crippen LogP contribution in [0.3, 0.4) is 0 Å². The van der Waals surface area contributed by atoms with Gasteiger partial charge < -0.3 is 4.42 Å². The third-order valence-corrected chi connectivity index (χ3v) is 11.6. The van der Waals surface area contributed by atoms with Crippen molar-refractivity contribution in [3.8, 4) is 33.5 Å². The number of para-hydroxylation sites is 1. The topological polar surface area (TPSA) is 38.9 Å². The van der Waals surface area contributed by atoms with E-state index in [9.17, 15) is 0 Å². The minimum atomic E-state index is -0.0316. The lowest BCUT2D eigenvalue weighted by molar-refractivity contribution is 0.651. The molecule has 1 aliphatic carbocycles. The first kappa shape index (κ1) is 28.2. The largest absolute Gasteiger partial charge is 0.436 e. The number of hydrogen-bond acceptors (Lipinski definition) is 3. The van der Waals surface area contributed by atoms with E-state index in [1.54, 1.807) is 0 Å². The van der Waals surface area contributed by atoms with Gasteiger partial charge in [0.2, 0.25) is 5.71 Å². The lowest BCUT2D eigenvalue weighted by Crippen LogP contribution is -2.30. The molecule has 8 aromatic carbocycles. The fourth-order valence-corrected chi connectivity index (χ4v) is 9.43. The first-order valence-corrected chi connectivity index (χ1v) is 18.1. The van der Waals surface area contributed by atoms with Crippen LogP contribution < -0.4 is 10.9 Å². The molecule has 1 aliphatic heterocycles. The first-order valence-electron chi connectivity index (χ1n) is 18.1. The number of rotatable bonds is 2. The standard InChI is InChI=1S/C48H29BN2O/c1-2-13-29-25-31(22-21-27(29)11-1)45-46(50-47-36-19-9-10-20-39(36)52-48(47)51-45)37-26-30-14-4-6-16-33(30)40-34-17-7-8-18-35(34)42-41-32-15-5-3-12-28(32)23-24-38(41)49-44(42)43(37)40/h1-25,37,49H,26H2. The van der Waals surface area contributed by atoms with Gasteiger partial charge in [0.15, 0.2) is 7.28 Å². The van der Waals surface area contributed by atoms with E-state index in [2.05, 4.69) is 140 Å². The van der Waals surface area contributed by atoms with E-state index in [1.165, 1.54) is 76.6 Å². The Hall–Kier alpha value is -6.52. The molecule has 4 heteroatoms. The van der Waals surface area contributed by atoms with Gasteiger partial charge in [-0.15, -0.1) is 0 Å².